The lowest BCUT2D eigenvalue weighted by molar-refractivity contribution is -0.172. The lowest BCUT2D eigenvalue weighted by atomic mass is 9.44. The summed E-state index contributed by atoms with van der Waals surface area (Å²) >= 11 is 0. The van der Waals surface area contributed by atoms with E-state index in [4.69, 9.17) is 4.74 Å². The zero-order chi connectivity index (χ0) is 20.1. The molecule has 4 aliphatic rings. The summed E-state index contributed by atoms with van der Waals surface area (Å²) in [7, 11) is 1.47. The molecule has 2 N–H and O–H groups in total. The van der Waals surface area contributed by atoms with Crippen LogP contribution >= 0.6 is 0 Å². The van der Waals surface area contributed by atoms with Crippen LogP contribution in [0.25, 0.3) is 0 Å². The molecule has 0 radical (unpaired) electrons. The molecular weight excluding hydrogens is 352 g/mol. The van der Waals surface area contributed by atoms with E-state index >= 15 is 0 Å². The average molecular weight is 393 g/mol. The Morgan fingerprint density at radius 1 is 1.00 bits per heavy atom. The lowest BCUT2D eigenvalue weighted by Gasteiger charge is -2.62. The molecule has 4 heteroatoms. The van der Waals surface area contributed by atoms with Crippen molar-refractivity contribution >= 4 is 5.97 Å². The van der Waals surface area contributed by atoms with Crippen molar-refractivity contribution in [1.29, 1.82) is 0 Å². The number of hydrogen-bond donors (Lipinski definition) is 2. The number of fused-ring (bicyclic) bond motifs is 5. The highest BCUT2D eigenvalue weighted by molar-refractivity contribution is 5.68. The predicted octanol–water partition coefficient (Wildman–Crippen LogP) is 4.32. The van der Waals surface area contributed by atoms with Gasteiger partial charge in [-0.1, -0.05) is 13.8 Å². The van der Waals surface area contributed by atoms with E-state index in [9.17, 15) is 15.0 Å². The Hall–Kier alpha value is -0.610. The largest absolute Gasteiger partial charge is 0.469 e. The van der Waals surface area contributed by atoms with Crippen LogP contribution in [0.2, 0.25) is 0 Å². The van der Waals surface area contributed by atoms with Gasteiger partial charge in [-0.15, -0.1) is 0 Å². The number of esters is 1. The smallest absolute Gasteiger partial charge is 0.305 e. The lowest BCUT2D eigenvalue weighted by Crippen LogP contribution is -2.58. The van der Waals surface area contributed by atoms with Gasteiger partial charge in [0, 0.05) is 6.42 Å². The van der Waals surface area contributed by atoms with Crippen molar-refractivity contribution in [3.63, 3.8) is 0 Å². The molecule has 4 fully saturated rings. The number of carbonyl (C=O) groups is 1. The Morgan fingerprint density at radius 3 is 2.46 bits per heavy atom. The number of rotatable bonds is 4. The minimum absolute atomic E-state index is 0.0930. The van der Waals surface area contributed by atoms with E-state index in [0.29, 0.717) is 46.8 Å². The third-order valence-electron chi connectivity index (χ3n) is 10.0. The number of methoxy groups -OCH3 is 1. The molecule has 0 unspecified atom stereocenters. The van der Waals surface area contributed by atoms with Crippen molar-refractivity contribution in [1.82, 2.24) is 0 Å². The number of carbonyl (C=O) groups excluding carboxylic acids is 1. The summed E-state index contributed by atoms with van der Waals surface area (Å²) in [6.45, 7) is 4.95. The van der Waals surface area contributed by atoms with Gasteiger partial charge in [-0.2, -0.15) is 0 Å². The van der Waals surface area contributed by atoms with Gasteiger partial charge in [0.1, 0.15) is 0 Å². The Labute approximate surface area is 170 Å². The fraction of sp³-hybridized carbons (Fsp3) is 0.958. The van der Waals surface area contributed by atoms with Crippen LogP contribution in [0.1, 0.15) is 84.5 Å². The Bertz CT molecular complexity index is 591. The number of aliphatic hydroxyl groups is 2. The SMILES string of the molecule is COC(=O)CCC[C@H]1CC[C@H]2[C@@H]3[C@H](O)C[C@@H]4C[C@H](O)CC[C@]4(C)[C@H]3CC[C@]12C. The summed E-state index contributed by atoms with van der Waals surface area (Å²) in [5, 5.41) is 21.4. The van der Waals surface area contributed by atoms with Crippen LogP contribution in [0.15, 0.2) is 0 Å². The summed E-state index contributed by atoms with van der Waals surface area (Å²) in [5.74, 6) is 2.73. The van der Waals surface area contributed by atoms with Crippen molar-refractivity contribution in [3.05, 3.63) is 0 Å². The van der Waals surface area contributed by atoms with Gasteiger partial charge in [-0.25, -0.2) is 0 Å². The maximum atomic E-state index is 11.5. The number of ether oxygens (including phenoxy) is 1. The summed E-state index contributed by atoms with van der Waals surface area (Å²) in [4.78, 5) is 11.5. The molecule has 0 spiro atoms. The van der Waals surface area contributed by atoms with Crippen LogP contribution < -0.4 is 0 Å². The number of aliphatic hydroxyl groups excluding tert-OH is 2. The Kier molecular flexibility index (Phi) is 5.59. The van der Waals surface area contributed by atoms with Crippen LogP contribution in [-0.4, -0.2) is 35.5 Å². The summed E-state index contributed by atoms with van der Waals surface area (Å²) in [6.07, 6.45) is 11.0. The van der Waals surface area contributed by atoms with Crippen molar-refractivity contribution < 1.29 is 19.7 Å². The molecule has 4 rings (SSSR count). The summed E-state index contributed by atoms with van der Waals surface area (Å²) in [5.41, 5.74) is 0.614. The van der Waals surface area contributed by atoms with E-state index < -0.39 is 0 Å². The molecule has 0 amide bonds. The predicted molar refractivity (Wildman–Crippen MR) is 108 cm³/mol. The molecule has 28 heavy (non-hydrogen) atoms. The van der Waals surface area contributed by atoms with Gasteiger partial charge in [0.2, 0.25) is 0 Å². The van der Waals surface area contributed by atoms with Gasteiger partial charge < -0.3 is 14.9 Å². The molecule has 9 atom stereocenters. The first-order valence-corrected chi connectivity index (χ1v) is 11.7. The number of hydrogen-bond acceptors (Lipinski definition) is 4. The molecule has 0 aromatic carbocycles. The van der Waals surface area contributed by atoms with Gasteiger partial charge >= 0.3 is 5.97 Å². The van der Waals surface area contributed by atoms with Gasteiger partial charge in [0.05, 0.1) is 19.3 Å². The van der Waals surface area contributed by atoms with E-state index in [2.05, 4.69) is 13.8 Å². The minimum Gasteiger partial charge on any atom is -0.469 e. The fourth-order valence-corrected chi connectivity index (χ4v) is 8.38. The molecular formula is C24H40O4. The third kappa shape index (κ3) is 3.23. The highest BCUT2D eigenvalue weighted by Gasteiger charge is 2.62. The van der Waals surface area contributed by atoms with E-state index in [1.54, 1.807) is 0 Å². The monoisotopic (exact) mass is 392 g/mol. The molecule has 4 nitrogen and oxygen atoms in total. The van der Waals surface area contributed by atoms with Crippen molar-refractivity contribution in [2.75, 3.05) is 7.11 Å². The first-order valence-electron chi connectivity index (χ1n) is 11.7. The molecule has 160 valence electrons. The first kappa shape index (κ1) is 20.7. The molecule has 0 saturated heterocycles. The Morgan fingerprint density at radius 2 is 1.71 bits per heavy atom. The van der Waals surface area contributed by atoms with Crippen molar-refractivity contribution in [3.8, 4) is 0 Å². The van der Waals surface area contributed by atoms with Gasteiger partial charge in [-0.3, -0.25) is 4.79 Å². The summed E-state index contributed by atoms with van der Waals surface area (Å²) < 4.78 is 4.81. The standard InChI is InChI=1S/C24H40O4/c1-23-12-10-19-22(18(23)8-7-15(23)5-4-6-21(27)28-3)20(26)14-16-13-17(25)9-11-24(16,19)2/h15-20,22,25-26H,4-14H2,1-3H3/t15-,16-,17+,18-,19-,20+,22-,23+,24-/m0/s1. The van der Waals surface area contributed by atoms with Crippen LogP contribution in [0.5, 0.6) is 0 Å². The Balaban J connectivity index is 1.49. The normalized spacial score (nSPS) is 50.4. The van der Waals surface area contributed by atoms with E-state index in [1.807, 2.05) is 0 Å². The molecule has 0 aliphatic heterocycles. The highest BCUT2D eigenvalue weighted by atomic mass is 16.5. The van der Waals surface area contributed by atoms with E-state index in [0.717, 1.165) is 38.5 Å². The molecule has 0 aromatic heterocycles. The zero-order valence-electron chi connectivity index (χ0n) is 18.0. The van der Waals surface area contributed by atoms with Crippen molar-refractivity contribution in [2.24, 2.45) is 40.4 Å². The molecule has 4 aliphatic carbocycles. The van der Waals surface area contributed by atoms with Crippen LogP contribution in [-0.2, 0) is 9.53 Å². The maximum Gasteiger partial charge on any atom is 0.305 e. The fourth-order valence-electron chi connectivity index (χ4n) is 8.38. The van der Waals surface area contributed by atoms with Gasteiger partial charge in [0.25, 0.3) is 0 Å². The molecule has 0 heterocycles. The second kappa shape index (κ2) is 7.58. The van der Waals surface area contributed by atoms with E-state index in [1.165, 1.54) is 32.8 Å². The first-order chi connectivity index (χ1) is 13.3. The average Bonchev–Trinajstić information content (AvgIpc) is 2.99. The summed E-state index contributed by atoms with van der Waals surface area (Å²) in [6, 6.07) is 0. The molecule has 0 aromatic rings. The van der Waals surface area contributed by atoms with Gasteiger partial charge in [-0.05, 0) is 105 Å². The van der Waals surface area contributed by atoms with E-state index in [-0.39, 0.29) is 18.2 Å². The third-order valence-corrected chi connectivity index (χ3v) is 10.0. The minimum atomic E-state index is -0.202. The quantitative estimate of drug-likeness (QED) is 0.699. The van der Waals surface area contributed by atoms with Crippen LogP contribution in [0, 0.1) is 40.4 Å². The van der Waals surface area contributed by atoms with Crippen LogP contribution in [0.4, 0.5) is 0 Å². The highest BCUT2D eigenvalue weighted by Crippen LogP contribution is 2.67. The van der Waals surface area contributed by atoms with Gasteiger partial charge in [0.15, 0.2) is 0 Å². The zero-order valence-corrected chi connectivity index (χ0v) is 18.0. The second-order valence-corrected chi connectivity index (χ2v) is 11.0. The van der Waals surface area contributed by atoms with Crippen molar-refractivity contribution in [2.45, 2.75) is 96.7 Å². The molecule has 4 saturated carbocycles. The molecule has 0 bridgehead atoms. The van der Waals surface area contributed by atoms with Crippen LogP contribution in [0.3, 0.4) is 0 Å². The second-order valence-electron chi connectivity index (χ2n) is 11.0. The maximum absolute atomic E-state index is 11.5. The topological polar surface area (TPSA) is 66.8 Å².